The van der Waals surface area contributed by atoms with Gasteiger partial charge in [-0.15, -0.1) is 6.58 Å². The van der Waals surface area contributed by atoms with Crippen LogP contribution in [-0.2, 0) is 13.1 Å². The molecule has 1 aliphatic heterocycles. The number of amides is 2. The smallest absolute Gasteiger partial charge is 0.315 e. The summed E-state index contributed by atoms with van der Waals surface area (Å²) in [6, 6.07) is 7.83. The van der Waals surface area contributed by atoms with Crippen LogP contribution in [0.2, 0.25) is 0 Å². The van der Waals surface area contributed by atoms with Gasteiger partial charge in [0.2, 0.25) is 0 Å². The number of rotatable bonds is 6. The van der Waals surface area contributed by atoms with Crippen LogP contribution < -0.4 is 10.6 Å². The first-order valence-electron chi connectivity index (χ1n) is 7.72. The minimum absolute atomic E-state index is 0.0543. The third kappa shape index (κ3) is 4.86. The van der Waals surface area contributed by atoms with Crippen LogP contribution in [0.25, 0.3) is 0 Å². The molecule has 1 aliphatic rings. The summed E-state index contributed by atoms with van der Waals surface area (Å²) in [7, 11) is 0. The second-order valence-electron chi connectivity index (χ2n) is 5.80. The summed E-state index contributed by atoms with van der Waals surface area (Å²) in [6.45, 7) is 8.45. The zero-order valence-corrected chi connectivity index (χ0v) is 13.1. The molecule has 1 aromatic carbocycles. The highest BCUT2D eigenvalue weighted by Gasteiger charge is 2.20. The van der Waals surface area contributed by atoms with Gasteiger partial charge in [-0.25, -0.2) is 4.79 Å². The maximum absolute atomic E-state index is 11.8. The van der Waals surface area contributed by atoms with Gasteiger partial charge < -0.3 is 15.7 Å². The number of hydrogen-bond acceptors (Lipinski definition) is 3. The maximum Gasteiger partial charge on any atom is 0.315 e. The Morgan fingerprint density at radius 3 is 2.86 bits per heavy atom. The molecular formula is C17H25N3O2. The number of carbonyl (C=O) groups is 1. The fourth-order valence-electron chi connectivity index (χ4n) is 2.57. The predicted molar refractivity (Wildman–Crippen MR) is 87.4 cm³/mol. The average Bonchev–Trinajstić information content (AvgIpc) is 2.91. The maximum atomic E-state index is 11.8. The Morgan fingerprint density at radius 1 is 1.50 bits per heavy atom. The number of aliphatic hydroxyl groups excluding tert-OH is 1. The van der Waals surface area contributed by atoms with Gasteiger partial charge in [0.05, 0.1) is 6.10 Å². The fourth-order valence-corrected chi connectivity index (χ4v) is 2.57. The normalized spacial score (nSPS) is 19.6. The third-order valence-corrected chi connectivity index (χ3v) is 3.91. The van der Waals surface area contributed by atoms with E-state index in [1.165, 1.54) is 5.56 Å². The van der Waals surface area contributed by atoms with Gasteiger partial charge in [0.15, 0.2) is 0 Å². The monoisotopic (exact) mass is 303 g/mol. The zero-order valence-electron chi connectivity index (χ0n) is 13.1. The van der Waals surface area contributed by atoms with E-state index in [4.69, 9.17) is 0 Å². The third-order valence-electron chi connectivity index (χ3n) is 3.91. The van der Waals surface area contributed by atoms with E-state index in [2.05, 4.69) is 28.2 Å². The van der Waals surface area contributed by atoms with Gasteiger partial charge in [0, 0.05) is 32.2 Å². The van der Waals surface area contributed by atoms with Gasteiger partial charge in [0.25, 0.3) is 0 Å². The first-order valence-corrected chi connectivity index (χ1v) is 7.72. The van der Waals surface area contributed by atoms with Crippen molar-refractivity contribution in [1.82, 2.24) is 15.5 Å². The molecule has 2 amide bonds. The standard InChI is InChI=1S/C17H25N3O2/c1-3-13(2)19-17(22)18-10-14-6-4-5-7-15(14)11-20-9-8-16(21)12-20/h3-7,13,16,21H,1,8-12H2,2H3,(H2,18,19,22)/t13-,16+/m1/s1. The molecule has 5 nitrogen and oxygen atoms in total. The Kier molecular flexibility index (Phi) is 5.98. The van der Waals surface area contributed by atoms with E-state index in [0.717, 1.165) is 31.6 Å². The highest BCUT2D eigenvalue weighted by atomic mass is 16.3. The molecule has 0 aliphatic carbocycles. The quantitative estimate of drug-likeness (QED) is 0.700. The lowest BCUT2D eigenvalue weighted by Gasteiger charge is -2.18. The molecule has 0 bridgehead atoms. The second-order valence-corrected chi connectivity index (χ2v) is 5.80. The largest absolute Gasteiger partial charge is 0.392 e. The first-order chi connectivity index (χ1) is 10.6. The number of likely N-dealkylation sites (tertiary alicyclic amines) is 1. The molecule has 22 heavy (non-hydrogen) atoms. The number of urea groups is 1. The highest BCUT2D eigenvalue weighted by Crippen LogP contribution is 2.16. The van der Waals surface area contributed by atoms with E-state index >= 15 is 0 Å². The van der Waals surface area contributed by atoms with E-state index < -0.39 is 0 Å². The molecule has 5 heteroatoms. The van der Waals surface area contributed by atoms with Crippen molar-refractivity contribution in [3.05, 3.63) is 48.0 Å². The number of carbonyl (C=O) groups excluding carboxylic acids is 1. The van der Waals surface area contributed by atoms with Gasteiger partial charge in [-0.3, -0.25) is 4.90 Å². The molecule has 2 rings (SSSR count). The van der Waals surface area contributed by atoms with Crippen molar-refractivity contribution in [2.24, 2.45) is 0 Å². The topological polar surface area (TPSA) is 64.6 Å². The number of β-amino-alcohol motifs (C(OH)–C–C–N with tert-alkyl or cyclic N) is 1. The molecule has 0 spiro atoms. The number of benzene rings is 1. The minimum Gasteiger partial charge on any atom is -0.392 e. The van der Waals surface area contributed by atoms with Gasteiger partial charge in [0.1, 0.15) is 0 Å². The summed E-state index contributed by atoms with van der Waals surface area (Å²) in [6.07, 6.45) is 2.31. The molecule has 2 atom stereocenters. The van der Waals surface area contributed by atoms with E-state index in [9.17, 15) is 9.90 Å². The summed E-state index contributed by atoms with van der Waals surface area (Å²) >= 11 is 0. The molecule has 0 saturated carbocycles. The predicted octanol–water partition coefficient (Wildman–Crippen LogP) is 1.63. The van der Waals surface area contributed by atoms with E-state index in [0.29, 0.717) is 6.54 Å². The summed E-state index contributed by atoms with van der Waals surface area (Å²) in [5, 5.41) is 15.3. The SMILES string of the molecule is C=C[C@@H](C)NC(=O)NCc1ccccc1CN1CC[C@H](O)C1. The fraction of sp³-hybridized carbons (Fsp3) is 0.471. The van der Waals surface area contributed by atoms with Crippen LogP contribution >= 0.6 is 0 Å². The molecule has 120 valence electrons. The Balaban J connectivity index is 1.90. The van der Waals surface area contributed by atoms with Gasteiger partial charge in [-0.1, -0.05) is 30.3 Å². The van der Waals surface area contributed by atoms with Gasteiger partial charge in [-0.05, 0) is 24.5 Å². The molecule has 0 unspecified atom stereocenters. The van der Waals surface area contributed by atoms with E-state index in [1.54, 1.807) is 6.08 Å². The molecule has 0 aromatic heterocycles. The number of aliphatic hydroxyl groups is 1. The highest BCUT2D eigenvalue weighted by molar-refractivity contribution is 5.74. The Labute approximate surface area is 132 Å². The summed E-state index contributed by atoms with van der Waals surface area (Å²) < 4.78 is 0. The van der Waals surface area contributed by atoms with Crippen LogP contribution in [0.1, 0.15) is 24.5 Å². The number of hydrogen-bond donors (Lipinski definition) is 3. The van der Waals surface area contributed by atoms with Crippen molar-refractivity contribution in [1.29, 1.82) is 0 Å². The van der Waals surface area contributed by atoms with Crippen LogP contribution in [0.4, 0.5) is 4.79 Å². The molecule has 1 saturated heterocycles. The lowest BCUT2D eigenvalue weighted by molar-refractivity contribution is 0.174. The summed E-state index contributed by atoms with van der Waals surface area (Å²) in [5.41, 5.74) is 2.29. The van der Waals surface area contributed by atoms with Crippen molar-refractivity contribution in [2.75, 3.05) is 13.1 Å². The number of nitrogens with one attached hydrogen (secondary N) is 2. The van der Waals surface area contributed by atoms with Crippen molar-refractivity contribution in [2.45, 2.75) is 38.6 Å². The molecule has 1 fully saturated rings. The number of nitrogens with zero attached hydrogens (tertiary/aromatic N) is 1. The van der Waals surface area contributed by atoms with Crippen LogP contribution in [0.5, 0.6) is 0 Å². The summed E-state index contributed by atoms with van der Waals surface area (Å²) in [4.78, 5) is 14.0. The molecule has 1 heterocycles. The molecular weight excluding hydrogens is 278 g/mol. The van der Waals surface area contributed by atoms with Crippen LogP contribution in [0.3, 0.4) is 0 Å². The Morgan fingerprint density at radius 2 is 2.23 bits per heavy atom. The van der Waals surface area contributed by atoms with Crippen LogP contribution in [-0.4, -0.2) is 41.3 Å². The summed E-state index contributed by atoms with van der Waals surface area (Å²) in [5.74, 6) is 0. The van der Waals surface area contributed by atoms with Crippen molar-refractivity contribution >= 4 is 6.03 Å². The lowest BCUT2D eigenvalue weighted by atomic mass is 10.1. The first kappa shape index (κ1) is 16.5. The zero-order chi connectivity index (χ0) is 15.9. The lowest BCUT2D eigenvalue weighted by Crippen LogP contribution is -2.39. The van der Waals surface area contributed by atoms with Crippen molar-refractivity contribution in [3.63, 3.8) is 0 Å². The molecule has 1 aromatic rings. The molecule has 0 radical (unpaired) electrons. The van der Waals surface area contributed by atoms with Crippen LogP contribution in [0.15, 0.2) is 36.9 Å². The minimum atomic E-state index is -0.212. The van der Waals surface area contributed by atoms with Crippen LogP contribution in [0, 0.1) is 0 Å². The van der Waals surface area contributed by atoms with Gasteiger partial charge in [-0.2, -0.15) is 0 Å². The van der Waals surface area contributed by atoms with E-state index in [-0.39, 0.29) is 18.2 Å². The Bertz CT molecular complexity index is 518. The van der Waals surface area contributed by atoms with E-state index in [1.807, 2.05) is 25.1 Å². The van der Waals surface area contributed by atoms with Gasteiger partial charge >= 0.3 is 6.03 Å². The van der Waals surface area contributed by atoms with Crippen molar-refractivity contribution in [3.8, 4) is 0 Å². The van der Waals surface area contributed by atoms with Crippen molar-refractivity contribution < 1.29 is 9.90 Å². The average molecular weight is 303 g/mol. The second kappa shape index (κ2) is 7.96. The Hall–Kier alpha value is -1.85. The molecule has 3 N–H and O–H groups in total.